The predicted molar refractivity (Wildman–Crippen MR) is 37.6 cm³/mol. The number of urea groups is 1. The van der Waals surface area contributed by atoms with E-state index in [1.807, 2.05) is 0 Å². The Morgan fingerprint density at radius 1 is 1.70 bits per heavy atom. The van der Waals surface area contributed by atoms with Gasteiger partial charge in [0.15, 0.2) is 0 Å². The molecular weight excluding hydrogens is 135 g/mol. The fourth-order valence-electron chi connectivity index (χ4n) is 0.474. The highest BCUT2D eigenvalue weighted by molar-refractivity contribution is 5.74. The van der Waals surface area contributed by atoms with E-state index in [2.05, 4.69) is 10.6 Å². The van der Waals surface area contributed by atoms with Crippen LogP contribution in [0.4, 0.5) is 9.18 Å². The van der Waals surface area contributed by atoms with Crippen LogP contribution in [0.25, 0.3) is 0 Å². The third-order valence-corrected chi connectivity index (χ3v) is 0.946. The van der Waals surface area contributed by atoms with Gasteiger partial charge in [-0.25, -0.2) is 9.18 Å². The van der Waals surface area contributed by atoms with Crippen molar-refractivity contribution in [2.24, 2.45) is 0 Å². The third kappa shape index (κ3) is 4.12. The molecule has 0 heterocycles. The first kappa shape index (κ1) is 9.20. The lowest BCUT2D eigenvalue weighted by Gasteiger charge is -2.09. The van der Waals surface area contributed by atoms with E-state index in [9.17, 15) is 9.18 Å². The van der Waals surface area contributed by atoms with Crippen LogP contribution in [0.1, 0.15) is 13.8 Å². The van der Waals surface area contributed by atoms with E-state index in [1.54, 1.807) is 13.8 Å². The molecule has 0 aliphatic heterocycles. The van der Waals surface area contributed by atoms with Crippen molar-refractivity contribution in [3.8, 4) is 0 Å². The monoisotopic (exact) mass is 148 g/mol. The number of hydrogen-bond donors (Lipinski definition) is 2. The van der Waals surface area contributed by atoms with Crippen molar-refractivity contribution in [2.75, 3.05) is 13.2 Å². The summed E-state index contributed by atoms with van der Waals surface area (Å²) in [6.45, 7) is 3.44. The zero-order valence-electron chi connectivity index (χ0n) is 6.28. The van der Waals surface area contributed by atoms with Crippen LogP contribution >= 0.6 is 0 Å². The maximum Gasteiger partial charge on any atom is 0.315 e. The van der Waals surface area contributed by atoms with Gasteiger partial charge >= 0.3 is 6.03 Å². The maximum absolute atomic E-state index is 11.7. The van der Waals surface area contributed by atoms with Crippen LogP contribution in [0.2, 0.25) is 0 Å². The van der Waals surface area contributed by atoms with Gasteiger partial charge in [-0.3, -0.25) is 0 Å². The minimum absolute atomic E-state index is 0.312. The second-order valence-corrected chi connectivity index (χ2v) is 2.06. The molecule has 0 aromatic carbocycles. The van der Waals surface area contributed by atoms with Crippen LogP contribution in [0.15, 0.2) is 0 Å². The largest absolute Gasteiger partial charge is 0.338 e. The maximum atomic E-state index is 11.7. The van der Waals surface area contributed by atoms with Gasteiger partial charge in [-0.05, 0) is 13.8 Å². The first-order valence-electron chi connectivity index (χ1n) is 3.31. The molecular formula is C6H13FN2O. The normalized spacial score (nSPS) is 12.3. The van der Waals surface area contributed by atoms with Gasteiger partial charge in [0.1, 0.15) is 6.67 Å². The first-order valence-corrected chi connectivity index (χ1v) is 3.31. The van der Waals surface area contributed by atoms with Gasteiger partial charge in [0, 0.05) is 6.54 Å². The van der Waals surface area contributed by atoms with Gasteiger partial charge < -0.3 is 10.6 Å². The highest BCUT2D eigenvalue weighted by Gasteiger charge is 2.03. The Hall–Kier alpha value is -0.800. The minimum atomic E-state index is -0.531. The van der Waals surface area contributed by atoms with Crippen LogP contribution in [-0.2, 0) is 0 Å². The fraction of sp³-hybridized carbons (Fsp3) is 0.833. The SMILES string of the molecule is CCNC(=O)NC(C)CF. The number of carbonyl (C=O) groups excluding carboxylic acids is 1. The van der Waals surface area contributed by atoms with E-state index >= 15 is 0 Å². The Bertz CT molecular complexity index is 108. The van der Waals surface area contributed by atoms with Crippen molar-refractivity contribution in [3.63, 3.8) is 0 Å². The number of alkyl halides is 1. The number of halogens is 1. The summed E-state index contributed by atoms with van der Waals surface area (Å²) >= 11 is 0. The molecule has 1 atom stereocenters. The van der Waals surface area contributed by atoms with E-state index in [-0.39, 0.29) is 6.03 Å². The smallest absolute Gasteiger partial charge is 0.315 e. The number of carbonyl (C=O) groups is 1. The predicted octanol–water partition coefficient (Wildman–Crippen LogP) is 0.663. The molecule has 0 aromatic rings. The molecule has 0 aliphatic carbocycles. The van der Waals surface area contributed by atoms with Crippen molar-refractivity contribution in [3.05, 3.63) is 0 Å². The van der Waals surface area contributed by atoms with Crippen LogP contribution < -0.4 is 10.6 Å². The molecule has 0 saturated heterocycles. The highest BCUT2D eigenvalue weighted by Crippen LogP contribution is 1.80. The Morgan fingerprint density at radius 3 is 2.70 bits per heavy atom. The van der Waals surface area contributed by atoms with E-state index < -0.39 is 12.7 Å². The molecule has 0 spiro atoms. The topological polar surface area (TPSA) is 41.1 Å². The summed E-state index contributed by atoms with van der Waals surface area (Å²) in [4.78, 5) is 10.6. The van der Waals surface area contributed by atoms with E-state index in [0.717, 1.165) is 0 Å². The molecule has 4 heteroatoms. The van der Waals surface area contributed by atoms with Gasteiger partial charge in [-0.1, -0.05) is 0 Å². The molecule has 1 unspecified atom stereocenters. The molecule has 2 N–H and O–H groups in total. The summed E-state index contributed by atoms with van der Waals surface area (Å²) < 4.78 is 11.7. The summed E-state index contributed by atoms with van der Waals surface area (Å²) in [5.74, 6) is 0. The minimum Gasteiger partial charge on any atom is -0.338 e. The first-order chi connectivity index (χ1) is 4.70. The summed E-state index contributed by atoms with van der Waals surface area (Å²) in [5.41, 5.74) is 0. The van der Waals surface area contributed by atoms with Crippen molar-refractivity contribution in [2.45, 2.75) is 19.9 Å². The third-order valence-electron chi connectivity index (χ3n) is 0.946. The van der Waals surface area contributed by atoms with Crippen LogP contribution in [-0.4, -0.2) is 25.3 Å². The molecule has 0 rings (SSSR count). The zero-order valence-corrected chi connectivity index (χ0v) is 6.28. The molecule has 0 aliphatic rings. The lowest BCUT2D eigenvalue weighted by Crippen LogP contribution is -2.41. The van der Waals surface area contributed by atoms with Gasteiger partial charge in [-0.15, -0.1) is 0 Å². The molecule has 0 aromatic heterocycles. The summed E-state index contributed by atoms with van der Waals surface area (Å²) in [6.07, 6.45) is 0. The van der Waals surface area contributed by atoms with Gasteiger partial charge in [0.05, 0.1) is 6.04 Å². The van der Waals surface area contributed by atoms with Gasteiger partial charge in [-0.2, -0.15) is 0 Å². The van der Waals surface area contributed by atoms with E-state index in [4.69, 9.17) is 0 Å². The Balaban J connectivity index is 3.37. The van der Waals surface area contributed by atoms with Crippen molar-refractivity contribution in [1.82, 2.24) is 10.6 Å². The molecule has 0 radical (unpaired) electrons. The Labute approximate surface area is 60.0 Å². The second-order valence-electron chi connectivity index (χ2n) is 2.06. The van der Waals surface area contributed by atoms with Crippen LogP contribution in [0.5, 0.6) is 0 Å². The van der Waals surface area contributed by atoms with Crippen molar-refractivity contribution < 1.29 is 9.18 Å². The summed E-state index contributed by atoms with van der Waals surface area (Å²) in [7, 11) is 0. The Morgan fingerprint density at radius 2 is 2.30 bits per heavy atom. The molecule has 0 saturated carbocycles. The standard InChI is InChI=1S/C6H13FN2O/c1-3-8-6(10)9-5(2)4-7/h5H,3-4H2,1-2H3,(H2,8,9,10). The van der Waals surface area contributed by atoms with Crippen LogP contribution in [0, 0.1) is 0 Å². The van der Waals surface area contributed by atoms with Crippen molar-refractivity contribution >= 4 is 6.03 Å². The van der Waals surface area contributed by atoms with E-state index in [0.29, 0.717) is 6.54 Å². The average Bonchev–Trinajstić information content (AvgIpc) is 1.88. The van der Waals surface area contributed by atoms with Crippen molar-refractivity contribution in [1.29, 1.82) is 0 Å². The molecule has 2 amide bonds. The molecule has 0 bridgehead atoms. The Kier molecular flexibility index (Phi) is 4.62. The highest BCUT2D eigenvalue weighted by atomic mass is 19.1. The number of nitrogens with one attached hydrogen (secondary N) is 2. The average molecular weight is 148 g/mol. The second kappa shape index (κ2) is 5.02. The number of amides is 2. The number of hydrogen-bond acceptors (Lipinski definition) is 1. The molecule has 10 heavy (non-hydrogen) atoms. The van der Waals surface area contributed by atoms with Gasteiger partial charge in [0.25, 0.3) is 0 Å². The molecule has 0 fully saturated rings. The van der Waals surface area contributed by atoms with E-state index in [1.165, 1.54) is 0 Å². The zero-order chi connectivity index (χ0) is 7.98. The summed E-state index contributed by atoms with van der Waals surface area (Å²) in [5, 5.41) is 4.90. The molecule has 3 nitrogen and oxygen atoms in total. The van der Waals surface area contributed by atoms with Crippen LogP contribution in [0.3, 0.4) is 0 Å². The van der Waals surface area contributed by atoms with Gasteiger partial charge in [0.2, 0.25) is 0 Å². The molecule has 60 valence electrons. The summed E-state index contributed by atoms with van der Waals surface area (Å²) in [6, 6.07) is -0.709. The quantitative estimate of drug-likeness (QED) is 0.606. The fourth-order valence-corrected chi connectivity index (χ4v) is 0.474. The lowest BCUT2D eigenvalue weighted by molar-refractivity contribution is 0.235. The lowest BCUT2D eigenvalue weighted by atomic mass is 10.4. The number of rotatable bonds is 3.